The summed E-state index contributed by atoms with van der Waals surface area (Å²) in [6.45, 7) is 12.5. The minimum absolute atomic E-state index is 0. The van der Waals surface area contributed by atoms with Crippen molar-refractivity contribution in [1.82, 2.24) is 15.5 Å². The Balaban J connectivity index is 0.00000364. The summed E-state index contributed by atoms with van der Waals surface area (Å²) in [6, 6.07) is 0.0897. The molecule has 0 aromatic rings. The van der Waals surface area contributed by atoms with E-state index in [1.54, 1.807) is 0 Å². The Bertz CT molecular complexity index is 532. The van der Waals surface area contributed by atoms with Crippen molar-refractivity contribution in [3.05, 3.63) is 11.6 Å². The minimum Gasteiger partial charge on any atom is -0.444 e. The lowest BCUT2D eigenvalue weighted by atomic mass is 10.1. The van der Waals surface area contributed by atoms with Crippen molar-refractivity contribution in [3.8, 4) is 0 Å². The van der Waals surface area contributed by atoms with Crippen molar-refractivity contribution in [2.75, 3.05) is 39.4 Å². The van der Waals surface area contributed by atoms with Gasteiger partial charge in [0.25, 0.3) is 0 Å². The van der Waals surface area contributed by atoms with Gasteiger partial charge in [-0.3, -0.25) is 4.99 Å². The van der Waals surface area contributed by atoms with Crippen molar-refractivity contribution in [3.63, 3.8) is 0 Å². The van der Waals surface area contributed by atoms with Gasteiger partial charge in [-0.25, -0.2) is 4.79 Å². The average Bonchev–Trinajstić information content (AvgIpc) is 3.01. The molecule has 2 aliphatic heterocycles. The Labute approximate surface area is 180 Å². The Morgan fingerprint density at radius 3 is 2.85 bits per heavy atom. The Hall–Kier alpha value is -1.03. The second kappa shape index (κ2) is 11.7. The number of hydrogen-bond donors (Lipinski definition) is 2. The largest absolute Gasteiger partial charge is 0.444 e. The van der Waals surface area contributed by atoms with E-state index in [0.717, 1.165) is 64.6 Å². The number of carbonyl (C=O) groups excluding carboxylic acids is 1. The molecule has 2 N–H and O–H groups in total. The molecular formula is C19H35IN4O3. The highest BCUT2D eigenvalue weighted by Crippen LogP contribution is 2.14. The fraction of sp³-hybridized carbons (Fsp3) is 0.789. The van der Waals surface area contributed by atoms with Crippen LogP contribution in [0.1, 0.15) is 47.0 Å². The number of halogens is 1. The molecule has 2 heterocycles. The van der Waals surface area contributed by atoms with E-state index in [4.69, 9.17) is 14.5 Å². The SMILES string of the molecule is CCNC(=NCCC1=CCOCC1)N1CCC(NC(=O)OC(C)(C)C)C1.I. The molecule has 2 aliphatic rings. The standard InChI is InChI=1S/C19H34N4O3.HI/c1-5-20-17(21-10-6-15-8-12-25-13-9-15)23-11-7-16(14-23)22-18(24)26-19(2,3)4;/h8,16H,5-7,9-14H2,1-4H3,(H,20,21)(H,22,24);1H. The van der Waals surface area contributed by atoms with Crippen LogP contribution in [0.25, 0.3) is 0 Å². The number of aliphatic imine (C=N–C) groups is 1. The van der Waals surface area contributed by atoms with Gasteiger partial charge in [0.1, 0.15) is 5.60 Å². The zero-order valence-electron chi connectivity index (χ0n) is 17.0. The Kier molecular flexibility index (Phi) is 10.4. The molecule has 0 spiro atoms. The molecule has 1 atom stereocenters. The molecule has 2 rings (SSSR count). The first kappa shape index (κ1) is 24.0. The van der Waals surface area contributed by atoms with Crippen LogP contribution in [0.15, 0.2) is 16.6 Å². The summed E-state index contributed by atoms with van der Waals surface area (Å²) in [7, 11) is 0. The Morgan fingerprint density at radius 1 is 1.44 bits per heavy atom. The third kappa shape index (κ3) is 9.14. The number of nitrogens with one attached hydrogen (secondary N) is 2. The quantitative estimate of drug-likeness (QED) is 0.266. The Morgan fingerprint density at radius 2 is 2.22 bits per heavy atom. The van der Waals surface area contributed by atoms with Gasteiger partial charge in [0.2, 0.25) is 0 Å². The summed E-state index contributed by atoms with van der Waals surface area (Å²) >= 11 is 0. The molecule has 0 bridgehead atoms. The molecule has 1 amide bonds. The number of guanidine groups is 1. The number of nitrogens with zero attached hydrogens (tertiary/aromatic N) is 2. The molecular weight excluding hydrogens is 459 g/mol. The van der Waals surface area contributed by atoms with Gasteiger partial charge in [-0.2, -0.15) is 0 Å². The van der Waals surface area contributed by atoms with Crippen LogP contribution >= 0.6 is 24.0 Å². The van der Waals surface area contributed by atoms with E-state index >= 15 is 0 Å². The van der Waals surface area contributed by atoms with Crippen LogP contribution in [0.5, 0.6) is 0 Å². The fourth-order valence-corrected chi connectivity index (χ4v) is 3.07. The van der Waals surface area contributed by atoms with Crippen molar-refractivity contribution in [1.29, 1.82) is 0 Å². The molecule has 1 fully saturated rings. The maximum absolute atomic E-state index is 11.9. The third-order valence-electron chi connectivity index (χ3n) is 4.30. The number of ether oxygens (including phenoxy) is 2. The number of rotatable bonds is 5. The van der Waals surface area contributed by atoms with Gasteiger partial charge in [-0.1, -0.05) is 11.6 Å². The lowest BCUT2D eigenvalue weighted by molar-refractivity contribution is 0.0507. The number of alkyl carbamates (subject to hydrolysis) is 1. The number of hydrogen-bond acceptors (Lipinski definition) is 4. The maximum atomic E-state index is 11.9. The van der Waals surface area contributed by atoms with E-state index < -0.39 is 5.60 Å². The first-order valence-electron chi connectivity index (χ1n) is 9.66. The summed E-state index contributed by atoms with van der Waals surface area (Å²) in [5.41, 5.74) is 0.958. The van der Waals surface area contributed by atoms with Crippen molar-refractivity contribution in [2.24, 2.45) is 4.99 Å². The fourth-order valence-electron chi connectivity index (χ4n) is 3.07. The van der Waals surface area contributed by atoms with Gasteiger partial charge in [0.15, 0.2) is 5.96 Å². The zero-order chi connectivity index (χ0) is 19.0. The number of likely N-dealkylation sites (tertiary alicyclic amines) is 1. The predicted octanol–water partition coefficient (Wildman–Crippen LogP) is 2.91. The van der Waals surface area contributed by atoms with E-state index in [0.29, 0.717) is 0 Å². The van der Waals surface area contributed by atoms with Crippen LogP contribution in [-0.2, 0) is 9.47 Å². The van der Waals surface area contributed by atoms with E-state index in [-0.39, 0.29) is 36.1 Å². The first-order chi connectivity index (χ1) is 12.4. The van der Waals surface area contributed by atoms with Crippen LogP contribution in [0.2, 0.25) is 0 Å². The highest BCUT2D eigenvalue weighted by atomic mass is 127. The van der Waals surface area contributed by atoms with Gasteiger partial charge >= 0.3 is 6.09 Å². The van der Waals surface area contributed by atoms with Crippen LogP contribution in [0.3, 0.4) is 0 Å². The average molecular weight is 494 g/mol. The molecule has 1 unspecified atom stereocenters. The molecule has 0 saturated carbocycles. The van der Waals surface area contributed by atoms with Crippen molar-refractivity contribution >= 4 is 36.0 Å². The second-order valence-corrected chi connectivity index (χ2v) is 7.75. The zero-order valence-corrected chi connectivity index (χ0v) is 19.4. The summed E-state index contributed by atoms with van der Waals surface area (Å²) in [4.78, 5) is 18.9. The van der Waals surface area contributed by atoms with Gasteiger partial charge in [0, 0.05) is 26.2 Å². The van der Waals surface area contributed by atoms with Crippen molar-refractivity contribution < 1.29 is 14.3 Å². The normalized spacial score (nSPS) is 20.6. The highest BCUT2D eigenvalue weighted by molar-refractivity contribution is 14.0. The van der Waals surface area contributed by atoms with Gasteiger partial charge in [-0.15, -0.1) is 24.0 Å². The van der Waals surface area contributed by atoms with Crippen molar-refractivity contribution in [2.45, 2.75) is 58.6 Å². The summed E-state index contributed by atoms with van der Waals surface area (Å²) in [5.74, 6) is 0.925. The van der Waals surface area contributed by atoms with Gasteiger partial charge < -0.3 is 25.0 Å². The van der Waals surface area contributed by atoms with Crippen LogP contribution in [-0.4, -0.2) is 68.0 Å². The lowest BCUT2D eigenvalue weighted by Crippen LogP contribution is -2.44. The topological polar surface area (TPSA) is 75.2 Å². The molecule has 0 aromatic heterocycles. The lowest BCUT2D eigenvalue weighted by Gasteiger charge is -2.23. The summed E-state index contributed by atoms with van der Waals surface area (Å²) in [6.07, 6.45) is 4.70. The molecule has 0 aromatic carbocycles. The monoisotopic (exact) mass is 494 g/mol. The number of carbonyl (C=O) groups is 1. The van der Waals surface area contributed by atoms with Crippen LogP contribution in [0.4, 0.5) is 4.79 Å². The van der Waals surface area contributed by atoms with Crippen LogP contribution < -0.4 is 10.6 Å². The smallest absolute Gasteiger partial charge is 0.407 e. The third-order valence-corrected chi connectivity index (χ3v) is 4.30. The maximum Gasteiger partial charge on any atom is 0.407 e. The molecule has 7 nitrogen and oxygen atoms in total. The first-order valence-corrected chi connectivity index (χ1v) is 9.66. The molecule has 156 valence electrons. The summed E-state index contributed by atoms with van der Waals surface area (Å²) in [5, 5.41) is 6.32. The molecule has 1 saturated heterocycles. The highest BCUT2D eigenvalue weighted by Gasteiger charge is 2.27. The van der Waals surface area contributed by atoms with E-state index in [9.17, 15) is 4.79 Å². The van der Waals surface area contributed by atoms with Crippen LogP contribution in [0, 0.1) is 0 Å². The molecule has 27 heavy (non-hydrogen) atoms. The van der Waals surface area contributed by atoms with Gasteiger partial charge in [0.05, 0.1) is 19.3 Å². The summed E-state index contributed by atoms with van der Waals surface area (Å²) < 4.78 is 10.7. The molecule has 0 radical (unpaired) electrons. The van der Waals surface area contributed by atoms with Gasteiger partial charge in [-0.05, 0) is 47.0 Å². The predicted molar refractivity (Wildman–Crippen MR) is 119 cm³/mol. The van der Waals surface area contributed by atoms with E-state index in [2.05, 4.69) is 28.5 Å². The van der Waals surface area contributed by atoms with E-state index in [1.165, 1.54) is 5.57 Å². The molecule has 8 heteroatoms. The minimum atomic E-state index is -0.475. The molecule has 0 aliphatic carbocycles. The second-order valence-electron chi connectivity index (χ2n) is 7.75. The number of amides is 1. The van der Waals surface area contributed by atoms with E-state index in [1.807, 2.05) is 20.8 Å².